The molecule has 0 N–H and O–H groups in total. The van der Waals surface area contributed by atoms with Gasteiger partial charge in [0.15, 0.2) is 6.61 Å². The van der Waals surface area contributed by atoms with Gasteiger partial charge in [-0.3, -0.25) is 14.6 Å². The van der Waals surface area contributed by atoms with Gasteiger partial charge < -0.3 is 9.47 Å². The summed E-state index contributed by atoms with van der Waals surface area (Å²) in [6.45, 7) is -0.215. The van der Waals surface area contributed by atoms with E-state index in [1.807, 2.05) is 0 Å². The Balaban J connectivity index is 1.80. The molecule has 0 aliphatic carbocycles. The first-order valence-corrected chi connectivity index (χ1v) is 6.75. The first kappa shape index (κ1) is 14.7. The van der Waals surface area contributed by atoms with Crippen molar-refractivity contribution in [3.05, 3.63) is 53.9 Å². The number of pyridine rings is 1. The standard InChI is InChI=1S/C16H12N2O5/c1-22-13(19)9-23-11-6-4-10(5-7-11)18-15(20)12-3-2-8-17-14(12)16(18)21/h2-8H,9H2,1H3. The highest BCUT2D eigenvalue weighted by Crippen LogP contribution is 2.28. The van der Waals surface area contributed by atoms with E-state index >= 15 is 0 Å². The number of carbonyl (C=O) groups excluding carboxylic acids is 3. The van der Waals surface area contributed by atoms with Crippen LogP contribution in [0, 0.1) is 0 Å². The van der Waals surface area contributed by atoms with Crippen LogP contribution in [0.5, 0.6) is 5.75 Å². The molecule has 2 heterocycles. The van der Waals surface area contributed by atoms with Gasteiger partial charge in [0.05, 0.1) is 18.4 Å². The zero-order valence-corrected chi connectivity index (χ0v) is 12.2. The van der Waals surface area contributed by atoms with E-state index in [4.69, 9.17) is 4.74 Å². The zero-order chi connectivity index (χ0) is 16.4. The van der Waals surface area contributed by atoms with Gasteiger partial charge in [0.25, 0.3) is 11.8 Å². The highest BCUT2D eigenvalue weighted by Gasteiger charge is 2.37. The van der Waals surface area contributed by atoms with Crippen molar-refractivity contribution in [3.63, 3.8) is 0 Å². The summed E-state index contributed by atoms with van der Waals surface area (Å²) in [5, 5.41) is 0. The van der Waals surface area contributed by atoms with E-state index < -0.39 is 17.8 Å². The number of nitrogens with zero attached hydrogens (tertiary/aromatic N) is 2. The van der Waals surface area contributed by atoms with Gasteiger partial charge in [-0.2, -0.15) is 0 Å². The molecule has 0 atom stereocenters. The Hall–Kier alpha value is -3.22. The third-order valence-corrected chi connectivity index (χ3v) is 3.33. The minimum atomic E-state index is -0.500. The van der Waals surface area contributed by atoms with Crippen molar-refractivity contribution in [2.45, 2.75) is 0 Å². The molecule has 2 aromatic rings. The Kier molecular flexibility index (Phi) is 3.76. The lowest BCUT2D eigenvalue weighted by Crippen LogP contribution is -2.29. The number of amides is 2. The molecule has 0 spiro atoms. The van der Waals surface area contributed by atoms with Crippen LogP contribution < -0.4 is 9.64 Å². The van der Waals surface area contributed by atoms with Crippen molar-refractivity contribution >= 4 is 23.5 Å². The van der Waals surface area contributed by atoms with Crippen LogP contribution in [0.2, 0.25) is 0 Å². The molecule has 0 fully saturated rings. The molecule has 0 radical (unpaired) electrons. The van der Waals surface area contributed by atoms with Crippen LogP contribution in [0.3, 0.4) is 0 Å². The first-order valence-electron chi connectivity index (χ1n) is 6.75. The fourth-order valence-corrected chi connectivity index (χ4v) is 2.19. The predicted molar refractivity (Wildman–Crippen MR) is 79.3 cm³/mol. The third kappa shape index (κ3) is 2.64. The van der Waals surface area contributed by atoms with Crippen molar-refractivity contribution in [1.29, 1.82) is 0 Å². The summed E-state index contributed by atoms with van der Waals surface area (Å²) in [5.74, 6) is -0.954. The van der Waals surface area contributed by atoms with Crippen molar-refractivity contribution < 1.29 is 23.9 Å². The number of ether oxygens (including phenoxy) is 2. The Bertz CT molecular complexity index is 750. The van der Waals surface area contributed by atoms with Gasteiger partial charge >= 0.3 is 5.97 Å². The van der Waals surface area contributed by atoms with E-state index in [0.717, 1.165) is 4.90 Å². The van der Waals surface area contributed by atoms with Crippen LogP contribution in [0.1, 0.15) is 20.8 Å². The van der Waals surface area contributed by atoms with Crippen molar-refractivity contribution in [2.75, 3.05) is 18.6 Å². The smallest absolute Gasteiger partial charge is 0.343 e. The van der Waals surface area contributed by atoms with E-state index in [2.05, 4.69) is 9.72 Å². The summed E-state index contributed by atoms with van der Waals surface area (Å²) in [7, 11) is 1.27. The number of hydrogen-bond acceptors (Lipinski definition) is 6. The van der Waals surface area contributed by atoms with Crippen LogP contribution in [0.25, 0.3) is 0 Å². The number of esters is 1. The molecule has 23 heavy (non-hydrogen) atoms. The van der Waals surface area contributed by atoms with E-state index in [9.17, 15) is 14.4 Å². The molecular weight excluding hydrogens is 300 g/mol. The number of fused-ring (bicyclic) bond motifs is 1. The van der Waals surface area contributed by atoms with Crippen LogP contribution in [0.15, 0.2) is 42.6 Å². The second-order valence-corrected chi connectivity index (χ2v) is 4.70. The molecular formula is C16H12N2O5. The molecule has 7 heteroatoms. The minimum absolute atomic E-state index is 0.142. The van der Waals surface area contributed by atoms with E-state index in [1.54, 1.807) is 36.4 Å². The largest absolute Gasteiger partial charge is 0.482 e. The van der Waals surface area contributed by atoms with Crippen LogP contribution in [-0.2, 0) is 9.53 Å². The maximum Gasteiger partial charge on any atom is 0.343 e. The fourth-order valence-electron chi connectivity index (χ4n) is 2.19. The molecule has 116 valence electrons. The first-order chi connectivity index (χ1) is 11.1. The molecule has 0 unspecified atom stereocenters. The van der Waals surface area contributed by atoms with Crippen molar-refractivity contribution in [1.82, 2.24) is 4.98 Å². The summed E-state index contributed by atoms with van der Waals surface area (Å²) in [6.07, 6.45) is 1.47. The van der Waals surface area contributed by atoms with Gasteiger partial charge in [0.2, 0.25) is 0 Å². The number of aromatic nitrogens is 1. The Morgan fingerprint density at radius 1 is 1.13 bits per heavy atom. The maximum absolute atomic E-state index is 12.3. The monoisotopic (exact) mass is 312 g/mol. The second-order valence-electron chi connectivity index (χ2n) is 4.70. The molecule has 7 nitrogen and oxygen atoms in total. The lowest BCUT2D eigenvalue weighted by Gasteiger charge is -2.14. The van der Waals surface area contributed by atoms with Crippen LogP contribution in [0.4, 0.5) is 5.69 Å². The lowest BCUT2D eigenvalue weighted by atomic mass is 10.2. The average molecular weight is 312 g/mol. The van der Waals surface area contributed by atoms with Crippen LogP contribution in [-0.4, -0.2) is 36.5 Å². The number of benzene rings is 1. The molecule has 0 saturated carbocycles. The number of carbonyl (C=O) groups is 3. The van der Waals surface area contributed by atoms with Crippen molar-refractivity contribution in [3.8, 4) is 5.75 Å². The molecule has 1 aromatic carbocycles. The zero-order valence-electron chi connectivity index (χ0n) is 12.2. The van der Waals surface area contributed by atoms with E-state index in [1.165, 1.54) is 13.3 Å². The minimum Gasteiger partial charge on any atom is -0.482 e. The van der Waals surface area contributed by atoms with Gasteiger partial charge in [-0.05, 0) is 36.4 Å². The van der Waals surface area contributed by atoms with Gasteiger partial charge in [-0.1, -0.05) is 0 Å². The Morgan fingerprint density at radius 2 is 1.87 bits per heavy atom. The normalized spacial score (nSPS) is 13.0. The molecule has 1 aliphatic rings. The number of methoxy groups -OCH3 is 1. The summed E-state index contributed by atoms with van der Waals surface area (Å²) in [5.41, 5.74) is 0.829. The fraction of sp³-hybridized carbons (Fsp3) is 0.125. The molecule has 1 aromatic heterocycles. The molecule has 0 bridgehead atoms. The summed E-state index contributed by atoms with van der Waals surface area (Å²) in [4.78, 5) is 40.6. The Morgan fingerprint density at radius 3 is 2.52 bits per heavy atom. The number of rotatable bonds is 4. The summed E-state index contributed by atoms with van der Waals surface area (Å²) >= 11 is 0. The lowest BCUT2D eigenvalue weighted by molar-refractivity contribution is -0.142. The quantitative estimate of drug-likeness (QED) is 0.627. The highest BCUT2D eigenvalue weighted by molar-refractivity contribution is 6.33. The predicted octanol–water partition coefficient (Wildman–Crippen LogP) is 1.43. The van der Waals surface area contributed by atoms with Crippen molar-refractivity contribution in [2.24, 2.45) is 0 Å². The van der Waals surface area contributed by atoms with Gasteiger partial charge in [-0.25, -0.2) is 9.69 Å². The molecule has 1 aliphatic heterocycles. The maximum atomic E-state index is 12.3. The highest BCUT2D eigenvalue weighted by atomic mass is 16.6. The average Bonchev–Trinajstić information content (AvgIpc) is 2.85. The third-order valence-electron chi connectivity index (χ3n) is 3.33. The van der Waals surface area contributed by atoms with Gasteiger partial charge in [0.1, 0.15) is 11.4 Å². The van der Waals surface area contributed by atoms with Gasteiger partial charge in [0, 0.05) is 6.20 Å². The van der Waals surface area contributed by atoms with E-state index in [0.29, 0.717) is 11.4 Å². The number of anilines is 1. The molecule has 3 rings (SSSR count). The molecule has 0 saturated heterocycles. The number of hydrogen-bond donors (Lipinski definition) is 0. The number of imide groups is 1. The molecule has 2 amide bonds. The van der Waals surface area contributed by atoms with Crippen LogP contribution >= 0.6 is 0 Å². The van der Waals surface area contributed by atoms with E-state index in [-0.39, 0.29) is 17.9 Å². The topological polar surface area (TPSA) is 85.8 Å². The summed E-state index contributed by atoms with van der Waals surface area (Å²) < 4.78 is 9.69. The van der Waals surface area contributed by atoms with Gasteiger partial charge in [-0.15, -0.1) is 0 Å². The Labute approximate surface area is 131 Å². The second kappa shape index (κ2) is 5.88. The summed E-state index contributed by atoms with van der Waals surface area (Å²) in [6, 6.07) is 9.43. The SMILES string of the molecule is COC(=O)COc1ccc(N2C(=O)c3cccnc3C2=O)cc1.